The van der Waals surface area contributed by atoms with Crippen LogP contribution in [0.15, 0.2) is 18.2 Å². The highest BCUT2D eigenvalue weighted by Gasteiger charge is 2.26. The van der Waals surface area contributed by atoms with Gasteiger partial charge in [-0.1, -0.05) is 11.3 Å². The van der Waals surface area contributed by atoms with E-state index < -0.39 is 0 Å². The Hall–Kier alpha value is -1.92. The van der Waals surface area contributed by atoms with Crippen LogP contribution in [0, 0.1) is 20.8 Å². The molecule has 7 heteroatoms. The average Bonchev–Trinajstić information content (AvgIpc) is 2.97. The SMILES string of the molecule is CCN(C(=O)c1nnn(C2CCNCC2)c1C)c1cc(C)cc(C)c1.Cl. The molecule has 0 unspecified atom stereocenters. The van der Waals surface area contributed by atoms with Crippen molar-refractivity contribution in [3.05, 3.63) is 40.7 Å². The average molecular weight is 378 g/mol. The maximum Gasteiger partial charge on any atom is 0.280 e. The number of carbonyl (C=O) groups is 1. The molecular formula is C19H28ClN5O. The Bertz CT molecular complexity index is 747. The molecule has 2 heterocycles. The number of aromatic nitrogens is 3. The van der Waals surface area contributed by atoms with Crippen LogP contribution in [0.25, 0.3) is 0 Å². The molecule has 2 aromatic rings. The Labute approximate surface area is 161 Å². The summed E-state index contributed by atoms with van der Waals surface area (Å²) in [4.78, 5) is 14.9. The standard InChI is InChI=1S/C19H27N5O.ClH/c1-5-23(17-11-13(2)10-14(3)12-17)19(25)18-15(4)24(22-21-18)16-6-8-20-9-7-16;/h10-12,16,20H,5-9H2,1-4H3;1H. The molecule has 1 aromatic heterocycles. The van der Waals surface area contributed by atoms with Gasteiger partial charge in [0.05, 0.1) is 11.7 Å². The Morgan fingerprint density at radius 1 is 1.19 bits per heavy atom. The number of carbonyl (C=O) groups excluding carboxylic acids is 1. The van der Waals surface area contributed by atoms with E-state index in [1.54, 1.807) is 4.90 Å². The molecule has 3 rings (SSSR count). The maximum atomic E-state index is 13.1. The van der Waals surface area contributed by atoms with E-state index >= 15 is 0 Å². The van der Waals surface area contributed by atoms with Crippen molar-refractivity contribution < 1.29 is 4.79 Å². The van der Waals surface area contributed by atoms with Crippen LogP contribution < -0.4 is 10.2 Å². The van der Waals surface area contributed by atoms with Crippen molar-refractivity contribution in [3.8, 4) is 0 Å². The zero-order valence-electron chi connectivity index (χ0n) is 16.0. The molecule has 1 amide bonds. The molecule has 1 aromatic carbocycles. The first-order valence-electron chi connectivity index (χ1n) is 9.04. The van der Waals surface area contributed by atoms with Crippen LogP contribution in [0.4, 0.5) is 5.69 Å². The van der Waals surface area contributed by atoms with Gasteiger partial charge in [-0.15, -0.1) is 17.5 Å². The molecule has 1 fully saturated rings. The predicted octanol–water partition coefficient (Wildman–Crippen LogP) is 3.22. The molecule has 0 saturated carbocycles. The second-order valence-corrected chi connectivity index (χ2v) is 6.84. The Balaban J connectivity index is 0.00000243. The van der Waals surface area contributed by atoms with Crippen molar-refractivity contribution in [2.45, 2.75) is 46.6 Å². The van der Waals surface area contributed by atoms with Gasteiger partial charge < -0.3 is 10.2 Å². The van der Waals surface area contributed by atoms with Crippen LogP contribution >= 0.6 is 12.4 Å². The van der Waals surface area contributed by atoms with E-state index in [2.05, 4.69) is 21.7 Å². The van der Waals surface area contributed by atoms with Crippen molar-refractivity contribution in [2.24, 2.45) is 0 Å². The predicted molar refractivity (Wildman–Crippen MR) is 106 cm³/mol. The Morgan fingerprint density at radius 2 is 1.81 bits per heavy atom. The van der Waals surface area contributed by atoms with Gasteiger partial charge in [0.15, 0.2) is 5.69 Å². The summed E-state index contributed by atoms with van der Waals surface area (Å²) in [6.07, 6.45) is 2.04. The number of hydrogen-bond donors (Lipinski definition) is 1. The van der Waals surface area contributed by atoms with Crippen LogP contribution in [0.1, 0.15) is 53.1 Å². The summed E-state index contributed by atoms with van der Waals surface area (Å²) in [7, 11) is 0. The van der Waals surface area contributed by atoms with Crippen LogP contribution in [0.5, 0.6) is 0 Å². The number of aryl methyl sites for hydroxylation is 2. The molecule has 0 radical (unpaired) electrons. The number of nitrogens with one attached hydrogen (secondary N) is 1. The number of piperidine rings is 1. The summed E-state index contributed by atoms with van der Waals surface area (Å²) in [5.74, 6) is -0.0785. The smallest absolute Gasteiger partial charge is 0.280 e. The van der Waals surface area contributed by atoms with Gasteiger partial charge in [0.1, 0.15) is 0 Å². The van der Waals surface area contributed by atoms with Crippen molar-refractivity contribution in [1.29, 1.82) is 0 Å². The number of anilines is 1. The number of rotatable bonds is 4. The number of amides is 1. The van der Waals surface area contributed by atoms with Gasteiger partial charge in [-0.3, -0.25) is 4.79 Å². The number of halogens is 1. The summed E-state index contributed by atoms with van der Waals surface area (Å²) >= 11 is 0. The second-order valence-electron chi connectivity index (χ2n) is 6.84. The summed E-state index contributed by atoms with van der Waals surface area (Å²) < 4.78 is 1.93. The van der Waals surface area contributed by atoms with Crippen LogP contribution in [-0.4, -0.2) is 40.5 Å². The van der Waals surface area contributed by atoms with Crippen LogP contribution in [0.2, 0.25) is 0 Å². The fourth-order valence-electron chi connectivity index (χ4n) is 3.61. The van der Waals surface area contributed by atoms with Crippen molar-refractivity contribution in [2.75, 3.05) is 24.5 Å². The summed E-state index contributed by atoms with van der Waals surface area (Å²) in [5.41, 5.74) is 4.53. The fraction of sp³-hybridized carbons (Fsp3) is 0.526. The minimum atomic E-state index is -0.0785. The molecule has 26 heavy (non-hydrogen) atoms. The lowest BCUT2D eigenvalue weighted by molar-refractivity contribution is 0.0983. The van der Waals surface area contributed by atoms with E-state index in [0.717, 1.165) is 48.4 Å². The normalized spacial score (nSPS) is 14.8. The molecule has 0 spiro atoms. The highest BCUT2D eigenvalue weighted by Crippen LogP contribution is 2.24. The third-order valence-electron chi connectivity index (χ3n) is 4.86. The minimum Gasteiger partial charge on any atom is -0.317 e. The molecule has 0 bridgehead atoms. The largest absolute Gasteiger partial charge is 0.317 e. The molecule has 1 saturated heterocycles. The van der Waals surface area contributed by atoms with Gasteiger partial charge in [-0.25, -0.2) is 4.68 Å². The van der Waals surface area contributed by atoms with Gasteiger partial charge in [0.25, 0.3) is 5.91 Å². The quantitative estimate of drug-likeness (QED) is 0.888. The van der Waals surface area contributed by atoms with Gasteiger partial charge in [-0.2, -0.15) is 0 Å². The Kier molecular flexibility index (Phi) is 6.78. The third-order valence-corrected chi connectivity index (χ3v) is 4.86. The van der Waals surface area contributed by atoms with E-state index in [1.807, 2.05) is 44.5 Å². The summed E-state index contributed by atoms with van der Waals surface area (Å²) in [5, 5.41) is 11.9. The molecule has 1 aliphatic rings. The molecular weight excluding hydrogens is 350 g/mol. The minimum absolute atomic E-state index is 0. The number of nitrogens with zero attached hydrogens (tertiary/aromatic N) is 4. The molecule has 0 atom stereocenters. The van der Waals surface area contributed by atoms with Crippen LogP contribution in [-0.2, 0) is 0 Å². The number of benzene rings is 1. The van der Waals surface area contributed by atoms with E-state index in [4.69, 9.17) is 0 Å². The monoisotopic (exact) mass is 377 g/mol. The van der Waals surface area contributed by atoms with E-state index in [9.17, 15) is 4.79 Å². The molecule has 6 nitrogen and oxygen atoms in total. The second kappa shape index (κ2) is 8.64. The van der Waals surface area contributed by atoms with Crippen molar-refractivity contribution >= 4 is 24.0 Å². The lowest BCUT2D eigenvalue weighted by Crippen LogP contribution is -2.32. The molecule has 1 N–H and O–H groups in total. The van der Waals surface area contributed by atoms with E-state index in [0.29, 0.717) is 18.3 Å². The van der Waals surface area contributed by atoms with E-state index in [-0.39, 0.29) is 18.3 Å². The summed E-state index contributed by atoms with van der Waals surface area (Å²) in [6, 6.07) is 6.52. The Morgan fingerprint density at radius 3 is 2.38 bits per heavy atom. The topological polar surface area (TPSA) is 63.1 Å². The fourth-order valence-corrected chi connectivity index (χ4v) is 3.61. The first kappa shape index (κ1) is 20.4. The maximum absolute atomic E-state index is 13.1. The number of hydrogen-bond acceptors (Lipinski definition) is 4. The lowest BCUT2D eigenvalue weighted by atomic mass is 10.1. The zero-order chi connectivity index (χ0) is 18.0. The molecule has 0 aliphatic carbocycles. The first-order chi connectivity index (χ1) is 12.0. The van der Waals surface area contributed by atoms with Crippen molar-refractivity contribution in [3.63, 3.8) is 0 Å². The molecule has 142 valence electrons. The third kappa shape index (κ3) is 4.07. The highest BCUT2D eigenvalue weighted by molar-refractivity contribution is 6.05. The van der Waals surface area contributed by atoms with Crippen LogP contribution in [0.3, 0.4) is 0 Å². The van der Waals surface area contributed by atoms with Gasteiger partial charge >= 0.3 is 0 Å². The van der Waals surface area contributed by atoms with E-state index in [1.165, 1.54) is 0 Å². The van der Waals surface area contributed by atoms with Gasteiger partial charge in [0.2, 0.25) is 0 Å². The zero-order valence-corrected chi connectivity index (χ0v) is 16.8. The van der Waals surface area contributed by atoms with Gasteiger partial charge in [0, 0.05) is 12.2 Å². The lowest BCUT2D eigenvalue weighted by Gasteiger charge is -2.24. The molecule has 1 aliphatic heterocycles. The first-order valence-corrected chi connectivity index (χ1v) is 9.04. The van der Waals surface area contributed by atoms with Crippen molar-refractivity contribution in [1.82, 2.24) is 20.3 Å². The summed E-state index contributed by atoms with van der Waals surface area (Å²) in [6.45, 7) is 10.6. The van der Waals surface area contributed by atoms with Gasteiger partial charge in [-0.05, 0) is 76.9 Å². The highest BCUT2D eigenvalue weighted by atomic mass is 35.5.